The van der Waals surface area contributed by atoms with E-state index in [9.17, 15) is 4.79 Å². The van der Waals surface area contributed by atoms with E-state index in [1.165, 1.54) is 24.8 Å². The van der Waals surface area contributed by atoms with Crippen molar-refractivity contribution < 1.29 is 4.74 Å². The third kappa shape index (κ3) is 3.45. The summed E-state index contributed by atoms with van der Waals surface area (Å²) in [5, 5.41) is 0. The molecule has 7 heteroatoms. The number of aromatic nitrogens is 3. The quantitative estimate of drug-likeness (QED) is 0.786. The highest BCUT2D eigenvalue weighted by molar-refractivity contribution is 7.99. The van der Waals surface area contributed by atoms with Crippen LogP contribution in [-0.2, 0) is 19.9 Å². The van der Waals surface area contributed by atoms with Crippen molar-refractivity contribution in [3.05, 3.63) is 33.9 Å². The molecule has 2 aliphatic rings. The first-order valence-corrected chi connectivity index (χ1v) is 10.4. The van der Waals surface area contributed by atoms with Crippen LogP contribution in [0.1, 0.15) is 36.8 Å². The van der Waals surface area contributed by atoms with E-state index in [2.05, 4.69) is 9.71 Å². The summed E-state index contributed by atoms with van der Waals surface area (Å²) in [6.45, 7) is 0.708. The van der Waals surface area contributed by atoms with Crippen molar-refractivity contribution in [3.63, 3.8) is 0 Å². The summed E-state index contributed by atoms with van der Waals surface area (Å²) in [4.78, 5) is 21.7. The second kappa shape index (κ2) is 7.31. The molecule has 0 radical (unpaired) electrons. The molecule has 0 aliphatic heterocycles. The standard InChI is InChI=1S/C19H24N4O2S/c1-23-10-15(13-5-3-4-6-14(13)18(23)24)17-16(25-11-12-7-8-12)9-20-19(21-17)22-26-2/h9-10,12H,3-8,11H2,1-2H3,(H,20,21,22). The Morgan fingerprint density at radius 2 is 2.08 bits per heavy atom. The smallest absolute Gasteiger partial charge is 0.253 e. The van der Waals surface area contributed by atoms with Crippen LogP contribution in [0.3, 0.4) is 0 Å². The SMILES string of the molecule is CSNc1ncc(OCC2CC2)c(-c2cn(C)c(=O)c3c2CCCC3)n1. The maximum absolute atomic E-state index is 12.6. The van der Waals surface area contributed by atoms with E-state index in [4.69, 9.17) is 9.72 Å². The lowest BCUT2D eigenvalue weighted by Crippen LogP contribution is -2.25. The van der Waals surface area contributed by atoms with Gasteiger partial charge in [-0.2, -0.15) is 0 Å². The molecule has 0 aromatic carbocycles. The Bertz CT molecular complexity index is 877. The number of nitrogens with one attached hydrogen (secondary N) is 1. The molecule has 2 aromatic heterocycles. The molecule has 0 atom stereocenters. The van der Waals surface area contributed by atoms with Gasteiger partial charge in [-0.3, -0.25) is 9.52 Å². The minimum absolute atomic E-state index is 0.111. The second-order valence-electron chi connectivity index (χ2n) is 7.09. The van der Waals surface area contributed by atoms with Crippen LogP contribution in [0.2, 0.25) is 0 Å². The average Bonchev–Trinajstić information content (AvgIpc) is 3.48. The van der Waals surface area contributed by atoms with Crippen LogP contribution < -0.4 is 15.0 Å². The lowest BCUT2D eigenvalue weighted by atomic mass is 9.88. The van der Waals surface area contributed by atoms with Crippen LogP contribution >= 0.6 is 11.9 Å². The Kier molecular flexibility index (Phi) is 4.89. The van der Waals surface area contributed by atoms with Crippen LogP contribution in [-0.4, -0.2) is 27.4 Å². The van der Waals surface area contributed by atoms with Gasteiger partial charge in [-0.15, -0.1) is 0 Å². The number of anilines is 1. The lowest BCUT2D eigenvalue weighted by Gasteiger charge is -2.21. The Morgan fingerprint density at radius 1 is 1.31 bits per heavy atom. The molecule has 26 heavy (non-hydrogen) atoms. The fourth-order valence-electron chi connectivity index (χ4n) is 3.49. The van der Waals surface area contributed by atoms with Crippen LogP contribution in [0.4, 0.5) is 5.95 Å². The zero-order valence-corrected chi connectivity index (χ0v) is 16.1. The van der Waals surface area contributed by atoms with Gasteiger partial charge < -0.3 is 9.30 Å². The van der Waals surface area contributed by atoms with E-state index in [0.29, 0.717) is 24.2 Å². The number of fused-ring (bicyclic) bond motifs is 1. The third-order valence-electron chi connectivity index (χ3n) is 5.07. The second-order valence-corrected chi connectivity index (χ2v) is 7.70. The van der Waals surface area contributed by atoms with Crippen LogP contribution in [0.25, 0.3) is 11.3 Å². The summed E-state index contributed by atoms with van der Waals surface area (Å²) in [6, 6.07) is 0. The van der Waals surface area contributed by atoms with Gasteiger partial charge >= 0.3 is 0 Å². The molecule has 6 nitrogen and oxygen atoms in total. The maximum atomic E-state index is 12.6. The summed E-state index contributed by atoms with van der Waals surface area (Å²) in [5.41, 5.74) is 3.96. The predicted octanol–water partition coefficient (Wildman–Crippen LogP) is 3.20. The molecule has 1 N–H and O–H groups in total. The highest BCUT2D eigenvalue weighted by atomic mass is 32.2. The predicted molar refractivity (Wildman–Crippen MR) is 105 cm³/mol. The number of rotatable bonds is 6. The first-order chi connectivity index (χ1) is 12.7. The fourth-order valence-corrected chi connectivity index (χ4v) is 3.77. The number of pyridine rings is 1. The van der Waals surface area contributed by atoms with Crippen molar-refractivity contribution in [3.8, 4) is 17.0 Å². The van der Waals surface area contributed by atoms with Gasteiger partial charge in [0.2, 0.25) is 5.95 Å². The van der Waals surface area contributed by atoms with E-state index in [0.717, 1.165) is 48.1 Å². The molecule has 0 spiro atoms. The van der Waals surface area contributed by atoms with E-state index < -0.39 is 0 Å². The molecule has 2 aliphatic carbocycles. The van der Waals surface area contributed by atoms with E-state index in [1.807, 2.05) is 19.5 Å². The monoisotopic (exact) mass is 372 g/mol. The number of aryl methyl sites for hydroxylation is 1. The van der Waals surface area contributed by atoms with Gasteiger partial charge in [0, 0.05) is 30.6 Å². The van der Waals surface area contributed by atoms with Gasteiger partial charge in [0.25, 0.3) is 5.56 Å². The Morgan fingerprint density at radius 3 is 2.81 bits per heavy atom. The summed E-state index contributed by atoms with van der Waals surface area (Å²) >= 11 is 1.46. The number of hydrogen-bond donors (Lipinski definition) is 1. The van der Waals surface area contributed by atoms with Crippen molar-refractivity contribution in [1.82, 2.24) is 14.5 Å². The summed E-state index contributed by atoms with van der Waals surface area (Å²) in [7, 11) is 1.81. The van der Waals surface area contributed by atoms with E-state index >= 15 is 0 Å². The molecular weight excluding hydrogens is 348 g/mol. The Balaban J connectivity index is 1.83. The van der Waals surface area contributed by atoms with Crippen LogP contribution in [0, 0.1) is 5.92 Å². The van der Waals surface area contributed by atoms with Crippen molar-refractivity contribution in [1.29, 1.82) is 0 Å². The van der Waals surface area contributed by atoms with Gasteiger partial charge in [0.1, 0.15) is 5.69 Å². The molecule has 2 aromatic rings. The van der Waals surface area contributed by atoms with Crippen molar-refractivity contribution in [2.45, 2.75) is 38.5 Å². The number of ether oxygens (including phenoxy) is 1. The molecule has 1 saturated carbocycles. The molecule has 0 unspecified atom stereocenters. The maximum Gasteiger partial charge on any atom is 0.253 e. The summed E-state index contributed by atoms with van der Waals surface area (Å²) in [6.07, 6.45) is 12.0. The molecule has 0 bridgehead atoms. The van der Waals surface area contributed by atoms with Gasteiger partial charge in [-0.25, -0.2) is 9.97 Å². The van der Waals surface area contributed by atoms with Gasteiger partial charge in [-0.1, -0.05) is 11.9 Å². The number of hydrogen-bond acceptors (Lipinski definition) is 6. The fraction of sp³-hybridized carbons (Fsp3) is 0.526. The van der Waals surface area contributed by atoms with Crippen molar-refractivity contribution in [2.24, 2.45) is 13.0 Å². The number of nitrogens with zero attached hydrogens (tertiary/aromatic N) is 3. The molecule has 0 saturated heterocycles. The molecule has 1 fully saturated rings. The molecular formula is C19H24N4O2S. The zero-order valence-electron chi connectivity index (χ0n) is 15.2. The normalized spacial score (nSPS) is 16.2. The third-order valence-corrected chi connectivity index (χ3v) is 5.46. The van der Waals surface area contributed by atoms with E-state index in [-0.39, 0.29) is 5.56 Å². The minimum Gasteiger partial charge on any atom is -0.489 e. The highest BCUT2D eigenvalue weighted by Crippen LogP contribution is 2.36. The van der Waals surface area contributed by atoms with E-state index in [1.54, 1.807) is 10.8 Å². The molecule has 4 rings (SSSR count). The average molecular weight is 372 g/mol. The first-order valence-electron chi connectivity index (χ1n) is 9.18. The molecule has 138 valence electrons. The lowest BCUT2D eigenvalue weighted by molar-refractivity contribution is 0.299. The minimum atomic E-state index is 0.111. The van der Waals surface area contributed by atoms with Gasteiger partial charge in [-0.05, 0) is 50.0 Å². The Hall–Kier alpha value is -2.02. The first kappa shape index (κ1) is 17.4. The van der Waals surface area contributed by atoms with Crippen molar-refractivity contribution in [2.75, 3.05) is 17.6 Å². The van der Waals surface area contributed by atoms with Crippen molar-refractivity contribution >= 4 is 17.9 Å². The van der Waals surface area contributed by atoms with Crippen LogP contribution in [0.5, 0.6) is 5.75 Å². The van der Waals surface area contributed by atoms with Gasteiger partial charge in [0.15, 0.2) is 5.75 Å². The summed E-state index contributed by atoms with van der Waals surface area (Å²) < 4.78 is 10.8. The highest BCUT2D eigenvalue weighted by Gasteiger charge is 2.25. The van der Waals surface area contributed by atoms with Gasteiger partial charge in [0.05, 0.1) is 12.8 Å². The van der Waals surface area contributed by atoms with Crippen LogP contribution in [0.15, 0.2) is 17.2 Å². The molecule has 0 amide bonds. The largest absolute Gasteiger partial charge is 0.489 e. The topological polar surface area (TPSA) is 69.0 Å². The molecule has 2 heterocycles. The Labute approximate surface area is 157 Å². The zero-order chi connectivity index (χ0) is 18.1. The summed E-state index contributed by atoms with van der Waals surface area (Å²) in [5.74, 6) is 1.92.